The van der Waals surface area contributed by atoms with E-state index in [1.54, 1.807) is 7.11 Å². The van der Waals surface area contributed by atoms with Crippen LogP contribution in [0.3, 0.4) is 0 Å². The fraction of sp³-hybridized carbons (Fsp3) is 0.458. The lowest BCUT2D eigenvalue weighted by atomic mass is 10.1. The Bertz CT molecular complexity index is 776. The third-order valence-electron chi connectivity index (χ3n) is 5.09. The van der Waals surface area contributed by atoms with E-state index in [-0.39, 0.29) is 5.91 Å². The average molecular weight is 429 g/mol. The number of hydrogen-bond acceptors (Lipinski definition) is 5. The molecule has 2 aromatic carbocycles. The molecule has 2 aromatic rings. The van der Waals surface area contributed by atoms with Gasteiger partial charge in [0.2, 0.25) is 5.91 Å². The van der Waals surface area contributed by atoms with E-state index in [0.29, 0.717) is 18.9 Å². The lowest BCUT2D eigenvalue weighted by Gasteiger charge is -2.26. The molecular formula is C24H32N2O3S. The molecule has 1 aliphatic rings. The number of methoxy groups -OCH3 is 1. The molecule has 5 nitrogen and oxygen atoms in total. The Hall–Kier alpha value is -2.18. The van der Waals surface area contributed by atoms with Gasteiger partial charge in [-0.05, 0) is 74.3 Å². The Morgan fingerprint density at radius 3 is 2.63 bits per heavy atom. The second kappa shape index (κ2) is 12.5. The van der Waals surface area contributed by atoms with E-state index >= 15 is 0 Å². The number of carbonyl (C=O) groups is 1. The predicted molar refractivity (Wildman–Crippen MR) is 122 cm³/mol. The van der Waals surface area contributed by atoms with Crippen molar-refractivity contribution in [2.45, 2.75) is 37.1 Å². The van der Waals surface area contributed by atoms with Gasteiger partial charge in [0.1, 0.15) is 11.5 Å². The maximum atomic E-state index is 12.0. The van der Waals surface area contributed by atoms with Crippen molar-refractivity contribution in [1.82, 2.24) is 10.2 Å². The van der Waals surface area contributed by atoms with Crippen LogP contribution in [0.2, 0.25) is 0 Å². The average Bonchev–Trinajstić information content (AvgIpc) is 2.79. The van der Waals surface area contributed by atoms with Crippen LogP contribution in [0.1, 0.15) is 31.2 Å². The van der Waals surface area contributed by atoms with Gasteiger partial charge in [0, 0.05) is 18.0 Å². The first-order valence-corrected chi connectivity index (χ1v) is 11.7. The van der Waals surface area contributed by atoms with E-state index in [1.807, 2.05) is 30.3 Å². The van der Waals surface area contributed by atoms with Gasteiger partial charge in [-0.1, -0.05) is 18.6 Å². The standard InChI is InChI=1S/C24H32N2O3S/c1-28-21-9-11-23(12-10-21)30-19-24(27)25-13-6-16-29-22-8-5-7-20(17-22)18-26-14-3-2-4-15-26/h5,7-12,17H,2-4,6,13-16,18-19H2,1H3,(H,25,27). The van der Waals surface area contributed by atoms with Crippen LogP contribution in [0.4, 0.5) is 0 Å². The fourth-order valence-electron chi connectivity index (χ4n) is 3.47. The van der Waals surface area contributed by atoms with Gasteiger partial charge in [-0.3, -0.25) is 9.69 Å². The van der Waals surface area contributed by atoms with Gasteiger partial charge >= 0.3 is 0 Å². The van der Waals surface area contributed by atoms with Crippen LogP contribution in [0.25, 0.3) is 0 Å². The summed E-state index contributed by atoms with van der Waals surface area (Å²) in [5, 5.41) is 2.96. The van der Waals surface area contributed by atoms with E-state index < -0.39 is 0 Å². The Labute approximate surface area is 184 Å². The highest BCUT2D eigenvalue weighted by molar-refractivity contribution is 8.00. The minimum Gasteiger partial charge on any atom is -0.497 e. The number of nitrogens with one attached hydrogen (secondary N) is 1. The monoisotopic (exact) mass is 428 g/mol. The van der Waals surface area contributed by atoms with E-state index in [1.165, 1.54) is 49.7 Å². The molecule has 1 fully saturated rings. The van der Waals surface area contributed by atoms with E-state index in [2.05, 4.69) is 28.4 Å². The zero-order chi connectivity index (χ0) is 21.0. The number of piperidine rings is 1. The number of likely N-dealkylation sites (tertiary alicyclic amines) is 1. The highest BCUT2D eigenvalue weighted by Gasteiger charge is 2.10. The zero-order valence-electron chi connectivity index (χ0n) is 17.8. The number of amides is 1. The molecule has 0 atom stereocenters. The molecule has 0 saturated carbocycles. The van der Waals surface area contributed by atoms with Crippen LogP contribution in [0.15, 0.2) is 53.4 Å². The maximum Gasteiger partial charge on any atom is 0.230 e. The third kappa shape index (κ3) is 7.92. The summed E-state index contributed by atoms with van der Waals surface area (Å²) in [6.07, 6.45) is 4.76. The predicted octanol–water partition coefficient (Wildman–Crippen LogP) is 4.36. The Morgan fingerprint density at radius 1 is 1.07 bits per heavy atom. The molecule has 1 N–H and O–H groups in total. The van der Waals surface area contributed by atoms with Crippen LogP contribution >= 0.6 is 11.8 Å². The van der Waals surface area contributed by atoms with Crippen molar-refractivity contribution in [2.75, 3.05) is 39.1 Å². The Kier molecular flexibility index (Phi) is 9.38. The van der Waals surface area contributed by atoms with Crippen molar-refractivity contribution < 1.29 is 14.3 Å². The van der Waals surface area contributed by atoms with Crippen LogP contribution < -0.4 is 14.8 Å². The summed E-state index contributed by atoms with van der Waals surface area (Å²) in [6.45, 7) is 4.61. The summed E-state index contributed by atoms with van der Waals surface area (Å²) in [4.78, 5) is 15.6. The molecular weight excluding hydrogens is 396 g/mol. The molecule has 0 bridgehead atoms. The van der Waals surface area contributed by atoms with Gasteiger partial charge in [0.05, 0.1) is 19.5 Å². The van der Waals surface area contributed by atoms with Crippen molar-refractivity contribution in [2.24, 2.45) is 0 Å². The molecule has 1 aliphatic heterocycles. The number of benzene rings is 2. The van der Waals surface area contributed by atoms with E-state index in [0.717, 1.165) is 29.4 Å². The first-order valence-electron chi connectivity index (χ1n) is 10.7. The number of rotatable bonds is 11. The maximum absolute atomic E-state index is 12.0. The minimum atomic E-state index is 0.0411. The van der Waals surface area contributed by atoms with Gasteiger partial charge < -0.3 is 14.8 Å². The number of thioether (sulfide) groups is 1. The largest absolute Gasteiger partial charge is 0.497 e. The molecule has 1 heterocycles. The van der Waals surface area contributed by atoms with Crippen molar-refractivity contribution in [3.8, 4) is 11.5 Å². The molecule has 0 spiro atoms. The topological polar surface area (TPSA) is 50.8 Å². The third-order valence-corrected chi connectivity index (χ3v) is 6.11. The lowest BCUT2D eigenvalue weighted by Crippen LogP contribution is -2.29. The normalized spacial score (nSPS) is 14.3. The van der Waals surface area contributed by atoms with Gasteiger partial charge in [-0.2, -0.15) is 0 Å². The number of hydrogen-bond donors (Lipinski definition) is 1. The van der Waals surface area contributed by atoms with Crippen LogP contribution in [0, 0.1) is 0 Å². The Balaban J connectivity index is 1.29. The van der Waals surface area contributed by atoms with Crippen LogP contribution in [0.5, 0.6) is 11.5 Å². The highest BCUT2D eigenvalue weighted by atomic mass is 32.2. The first-order chi connectivity index (χ1) is 14.7. The number of ether oxygens (including phenoxy) is 2. The van der Waals surface area contributed by atoms with Crippen LogP contribution in [-0.4, -0.2) is 49.9 Å². The molecule has 6 heteroatoms. The van der Waals surface area contributed by atoms with E-state index in [9.17, 15) is 4.79 Å². The summed E-state index contributed by atoms with van der Waals surface area (Å²) in [7, 11) is 1.64. The molecule has 0 radical (unpaired) electrons. The summed E-state index contributed by atoms with van der Waals surface area (Å²) in [5.41, 5.74) is 1.30. The molecule has 0 aromatic heterocycles. The molecule has 0 aliphatic carbocycles. The SMILES string of the molecule is COc1ccc(SCC(=O)NCCCOc2cccc(CN3CCCCC3)c2)cc1. The quantitative estimate of drug-likeness (QED) is 0.426. The summed E-state index contributed by atoms with van der Waals surface area (Å²) < 4.78 is 11.0. The fourth-order valence-corrected chi connectivity index (χ4v) is 4.20. The molecule has 162 valence electrons. The van der Waals surface area contributed by atoms with Gasteiger partial charge in [0.25, 0.3) is 0 Å². The zero-order valence-corrected chi connectivity index (χ0v) is 18.6. The van der Waals surface area contributed by atoms with Crippen molar-refractivity contribution in [1.29, 1.82) is 0 Å². The summed E-state index contributed by atoms with van der Waals surface area (Å²) in [6, 6.07) is 16.1. The van der Waals surface area contributed by atoms with Crippen LogP contribution in [-0.2, 0) is 11.3 Å². The number of carbonyl (C=O) groups excluding carboxylic acids is 1. The molecule has 3 rings (SSSR count). The molecule has 0 unspecified atom stereocenters. The van der Waals surface area contributed by atoms with Crippen molar-refractivity contribution in [3.05, 3.63) is 54.1 Å². The molecule has 30 heavy (non-hydrogen) atoms. The minimum absolute atomic E-state index is 0.0411. The highest BCUT2D eigenvalue weighted by Crippen LogP contribution is 2.21. The second-order valence-corrected chi connectivity index (χ2v) is 8.55. The lowest BCUT2D eigenvalue weighted by molar-refractivity contribution is -0.118. The molecule has 1 amide bonds. The van der Waals surface area contributed by atoms with E-state index in [4.69, 9.17) is 9.47 Å². The summed E-state index contributed by atoms with van der Waals surface area (Å²) >= 11 is 1.52. The van der Waals surface area contributed by atoms with Crippen molar-refractivity contribution >= 4 is 17.7 Å². The Morgan fingerprint density at radius 2 is 1.87 bits per heavy atom. The summed E-state index contributed by atoms with van der Waals surface area (Å²) in [5.74, 6) is 2.18. The number of nitrogens with zero attached hydrogens (tertiary/aromatic N) is 1. The first kappa shape index (κ1) is 22.5. The van der Waals surface area contributed by atoms with Gasteiger partial charge in [-0.25, -0.2) is 0 Å². The van der Waals surface area contributed by atoms with Crippen molar-refractivity contribution in [3.63, 3.8) is 0 Å². The molecule has 1 saturated heterocycles. The smallest absolute Gasteiger partial charge is 0.230 e. The second-order valence-electron chi connectivity index (χ2n) is 7.50. The van der Waals surface area contributed by atoms with Gasteiger partial charge in [0.15, 0.2) is 0 Å². The van der Waals surface area contributed by atoms with Gasteiger partial charge in [-0.15, -0.1) is 11.8 Å².